The smallest absolute Gasteiger partial charge is 0.234 e. The van der Waals surface area contributed by atoms with Crippen LogP contribution in [0.25, 0.3) is 0 Å². The Morgan fingerprint density at radius 1 is 1.60 bits per heavy atom. The van der Waals surface area contributed by atoms with Crippen molar-refractivity contribution in [2.24, 2.45) is 11.7 Å². The quantitative estimate of drug-likeness (QED) is 0.873. The van der Waals surface area contributed by atoms with Gasteiger partial charge in [0.1, 0.15) is 0 Å². The zero-order valence-electron chi connectivity index (χ0n) is 12.3. The molecule has 2 heterocycles. The Balaban J connectivity index is 1.79. The van der Waals surface area contributed by atoms with Gasteiger partial charge in [0.2, 0.25) is 5.91 Å². The minimum Gasteiger partial charge on any atom is -0.348 e. The maximum absolute atomic E-state index is 12.1. The average Bonchev–Trinajstić information content (AvgIpc) is 2.92. The number of thiophene rings is 1. The van der Waals surface area contributed by atoms with Crippen molar-refractivity contribution in [1.82, 2.24) is 10.2 Å². The van der Waals surface area contributed by atoms with Gasteiger partial charge in [-0.3, -0.25) is 9.69 Å². The van der Waals surface area contributed by atoms with Crippen LogP contribution >= 0.6 is 11.3 Å². The van der Waals surface area contributed by atoms with Crippen molar-refractivity contribution < 1.29 is 4.79 Å². The highest BCUT2D eigenvalue weighted by Crippen LogP contribution is 2.20. The summed E-state index contributed by atoms with van der Waals surface area (Å²) in [5, 5.41) is 5.11. The third kappa shape index (κ3) is 4.30. The Hall–Kier alpha value is -0.910. The predicted octanol–water partition coefficient (Wildman–Crippen LogP) is 1.98. The zero-order valence-corrected chi connectivity index (χ0v) is 13.2. The molecule has 3 unspecified atom stereocenters. The molecular formula is C15H25N3OS. The molecule has 1 aliphatic heterocycles. The maximum atomic E-state index is 12.1. The molecule has 1 saturated heterocycles. The van der Waals surface area contributed by atoms with Crippen molar-refractivity contribution in [3.05, 3.63) is 22.4 Å². The number of hydrogen-bond donors (Lipinski definition) is 2. The lowest BCUT2D eigenvalue weighted by molar-refractivity contribution is -0.123. The third-order valence-electron chi connectivity index (χ3n) is 4.00. The van der Waals surface area contributed by atoms with E-state index < -0.39 is 0 Å². The highest BCUT2D eigenvalue weighted by molar-refractivity contribution is 7.10. The molecule has 3 N–H and O–H groups in total. The Bertz CT molecular complexity index is 419. The van der Waals surface area contributed by atoms with E-state index in [9.17, 15) is 4.79 Å². The normalized spacial score (nSPS) is 23.2. The lowest BCUT2D eigenvalue weighted by Crippen LogP contribution is -2.46. The summed E-state index contributed by atoms with van der Waals surface area (Å²) in [5.41, 5.74) is 5.98. The van der Waals surface area contributed by atoms with Crippen molar-refractivity contribution in [2.75, 3.05) is 19.6 Å². The van der Waals surface area contributed by atoms with Crippen LogP contribution in [0.2, 0.25) is 0 Å². The van der Waals surface area contributed by atoms with Crippen LogP contribution in [0.5, 0.6) is 0 Å². The Labute approximate surface area is 125 Å². The Morgan fingerprint density at radius 2 is 2.40 bits per heavy atom. The van der Waals surface area contributed by atoms with E-state index in [0.29, 0.717) is 12.5 Å². The van der Waals surface area contributed by atoms with Crippen molar-refractivity contribution in [2.45, 2.75) is 38.8 Å². The highest BCUT2D eigenvalue weighted by Gasteiger charge is 2.24. The molecule has 5 heteroatoms. The second-order valence-electron chi connectivity index (χ2n) is 5.80. The Kier molecular flexibility index (Phi) is 5.57. The summed E-state index contributed by atoms with van der Waals surface area (Å²) in [6, 6.07) is 4.38. The monoisotopic (exact) mass is 295 g/mol. The summed E-state index contributed by atoms with van der Waals surface area (Å²) in [7, 11) is 0. The molecule has 1 aromatic heterocycles. The summed E-state index contributed by atoms with van der Waals surface area (Å²) < 4.78 is 0. The van der Waals surface area contributed by atoms with E-state index in [2.05, 4.69) is 23.2 Å². The van der Waals surface area contributed by atoms with Crippen molar-refractivity contribution >= 4 is 17.2 Å². The van der Waals surface area contributed by atoms with Crippen LogP contribution in [0.3, 0.4) is 0 Å². The van der Waals surface area contributed by atoms with Gasteiger partial charge in [0, 0.05) is 17.5 Å². The van der Waals surface area contributed by atoms with Crippen molar-refractivity contribution in [1.29, 1.82) is 0 Å². The number of likely N-dealkylation sites (tertiary alicyclic amines) is 1. The number of nitrogens with one attached hydrogen (secondary N) is 1. The van der Waals surface area contributed by atoms with Gasteiger partial charge in [-0.05, 0) is 50.6 Å². The summed E-state index contributed by atoms with van der Waals surface area (Å²) in [6.07, 6.45) is 2.32. The number of amides is 1. The van der Waals surface area contributed by atoms with Crippen LogP contribution in [-0.4, -0.2) is 36.5 Å². The number of nitrogens with two attached hydrogens (primary N) is 1. The fourth-order valence-corrected chi connectivity index (χ4v) is 3.50. The minimum absolute atomic E-state index is 0.0940. The number of hydrogen-bond acceptors (Lipinski definition) is 4. The first-order chi connectivity index (χ1) is 9.56. The van der Waals surface area contributed by atoms with Gasteiger partial charge in [-0.1, -0.05) is 6.07 Å². The fourth-order valence-electron chi connectivity index (χ4n) is 2.76. The standard InChI is InChI=1S/C15H25N3OS/c1-11(16)13-5-3-7-18(9-13)10-15(19)17-12(2)14-6-4-8-20-14/h4,6,8,11-13H,3,5,7,9-10,16H2,1-2H3,(H,17,19). The molecule has 1 aromatic rings. The zero-order chi connectivity index (χ0) is 14.5. The van der Waals surface area contributed by atoms with E-state index in [4.69, 9.17) is 5.73 Å². The molecule has 20 heavy (non-hydrogen) atoms. The van der Waals surface area contributed by atoms with E-state index in [1.165, 1.54) is 11.3 Å². The fraction of sp³-hybridized carbons (Fsp3) is 0.667. The average molecular weight is 295 g/mol. The molecule has 0 bridgehead atoms. The maximum Gasteiger partial charge on any atom is 0.234 e. The minimum atomic E-state index is 0.0940. The molecular weight excluding hydrogens is 270 g/mol. The van der Waals surface area contributed by atoms with Crippen LogP contribution in [0.15, 0.2) is 17.5 Å². The summed E-state index contributed by atoms with van der Waals surface area (Å²) >= 11 is 1.68. The SMILES string of the molecule is CC(NC(=O)CN1CCCC(C(C)N)C1)c1cccs1. The first kappa shape index (κ1) is 15.5. The molecule has 4 nitrogen and oxygen atoms in total. The number of nitrogens with zero attached hydrogens (tertiary/aromatic N) is 1. The first-order valence-corrected chi connectivity index (χ1v) is 8.25. The van der Waals surface area contributed by atoms with Gasteiger partial charge in [0.05, 0.1) is 12.6 Å². The molecule has 0 radical (unpaired) electrons. The van der Waals surface area contributed by atoms with Crippen LogP contribution < -0.4 is 11.1 Å². The number of rotatable bonds is 5. The van der Waals surface area contributed by atoms with Gasteiger partial charge >= 0.3 is 0 Å². The number of carbonyl (C=O) groups is 1. The van der Waals surface area contributed by atoms with Crippen molar-refractivity contribution in [3.63, 3.8) is 0 Å². The molecule has 112 valence electrons. The van der Waals surface area contributed by atoms with E-state index in [0.717, 1.165) is 19.5 Å². The molecule has 0 saturated carbocycles. The molecule has 0 aliphatic carbocycles. The van der Waals surface area contributed by atoms with Gasteiger partial charge in [-0.15, -0.1) is 11.3 Å². The molecule has 3 atom stereocenters. The molecule has 0 aromatic carbocycles. The molecule has 2 rings (SSSR count). The second kappa shape index (κ2) is 7.20. The van der Waals surface area contributed by atoms with Gasteiger partial charge in [-0.25, -0.2) is 0 Å². The van der Waals surface area contributed by atoms with Crippen LogP contribution in [0.4, 0.5) is 0 Å². The largest absolute Gasteiger partial charge is 0.348 e. The van der Waals surface area contributed by atoms with Gasteiger partial charge in [0.15, 0.2) is 0 Å². The van der Waals surface area contributed by atoms with Crippen molar-refractivity contribution in [3.8, 4) is 0 Å². The van der Waals surface area contributed by atoms with Gasteiger partial charge in [-0.2, -0.15) is 0 Å². The second-order valence-corrected chi connectivity index (χ2v) is 6.78. The summed E-state index contributed by atoms with van der Waals surface area (Å²) in [4.78, 5) is 15.5. The lowest BCUT2D eigenvalue weighted by atomic mass is 9.92. The number of carbonyl (C=O) groups excluding carboxylic acids is 1. The van der Waals surface area contributed by atoms with E-state index in [1.807, 2.05) is 18.4 Å². The Morgan fingerprint density at radius 3 is 3.05 bits per heavy atom. The van der Waals surface area contributed by atoms with Gasteiger partial charge in [0.25, 0.3) is 0 Å². The van der Waals surface area contributed by atoms with Gasteiger partial charge < -0.3 is 11.1 Å². The van der Waals surface area contributed by atoms with Crippen LogP contribution in [0.1, 0.15) is 37.6 Å². The molecule has 1 aliphatic rings. The van der Waals surface area contributed by atoms with Crippen LogP contribution in [0, 0.1) is 5.92 Å². The lowest BCUT2D eigenvalue weighted by Gasteiger charge is -2.34. The first-order valence-electron chi connectivity index (χ1n) is 7.37. The van der Waals surface area contributed by atoms with E-state index in [1.54, 1.807) is 11.3 Å². The predicted molar refractivity (Wildman–Crippen MR) is 83.7 cm³/mol. The van der Waals surface area contributed by atoms with Crippen LogP contribution in [-0.2, 0) is 4.79 Å². The summed E-state index contributed by atoms with van der Waals surface area (Å²) in [5.74, 6) is 0.627. The number of piperidine rings is 1. The third-order valence-corrected chi connectivity index (χ3v) is 5.06. The summed E-state index contributed by atoms with van der Waals surface area (Å²) in [6.45, 7) is 6.53. The highest BCUT2D eigenvalue weighted by atomic mass is 32.1. The van der Waals surface area contributed by atoms with E-state index in [-0.39, 0.29) is 18.0 Å². The topological polar surface area (TPSA) is 58.4 Å². The molecule has 1 amide bonds. The van der Waals surface area contributed by atoms with E-state index >= 15 is 0 Å². The molecule has 1 fully saturated rings. The molecule has 0 spiro atoms.